The molecule has 0 amide bonds. The van der Waals surface area contributed by atoms with E-state index in [2.05, 4.69) is 6.58 Å². The lowest BCUT2D eigenvalue weighted by atomic mass is 11.2. The molecule has 0 unspecified atom stereocenters. The second-order valence-corrected chi connectivity index (χ2v) is 2.88. The largest absolute Gasteiger partial charge is 0.222 e. The van der Waals surface area contributed by atoms with Gasteiger partial charge in [0, 0.05) is 0 Å². The molecule has 0 radical (unpaired) electrons. The van der Waals surface area contributed by atoms with Crippen molar-refractivity contribution in [1.29, 1.82) is 0 Å². The zero-order valence-electron chi connectivity index (χ0n) is 3.13. The van der Waals surface area contributed by atoms with Crippen molar-refractivity contribution in [1.82, 2.24) is 0 Å². The van der Waals surface area contributed by atoms with Gasteiger partial charge >= 0.3 is 0 Å². The fourth-order valence-electron chi connectivity index (χ4n) is 0. The normalized spacial score (nSPS) is 5.17. The summed E-state index contributed by atoms with van der Waals surface area (Å²) in [5.74, 6) is 0. The summed E-state index contributed by atoms with van der Waals surface area (Å²) in [5.41, 5.74) is 0. The van der Waals surface area contributed by atoms with Gasteiger partial charge in [-0.3, -0.25) is 0 Å². The van der Waals surface area contributed by atoms with Gasteiger partial charge in [-0.25, -0.2) is 4.39 Å². The predicted molar refractivity (Wildman–Crippen MR) is 31.6 cm³/mol. The third-order valence-corrected chi connectivity index (χ3v) is 0. The zero-order chi connectivity index (χ0) is 5.41. The Bertz CT molecular complexity index is 25.5. The molecule has 0 N–H and O–H groups in total. The highest BCUT2D eigenvalue weighted by atomic mass is 35.7. The van der Waals surface area contributed by atoms with Crippen LogP contribution < -0.4 is 0 Å². The van der Waals surface area contributed by atoms with Gasteiger partial charge in [-0.15, -0.1) is 0 Å². The highest BCUT2D eigenvalue weighted by Crippen LogP contribution is 1.67. The number of halogens is 3. The molecular formula is C2H5Cl2FSi. The van der Waals surface area contributed by atoms with Crippen LogP contribution >= 0.6 is 22.2 Å². The number of hydrogen-bond acceptors (Lipinski definition) is 0. The van der Waals surface area contributed by atoms with E-state index in [1.165, 1.54) is 0 Å². The Morgan fingerprint density at radius 3 is 1.67 bits per heavy atom. The van der Waals surface area contributed by atoms with Crippen LogP contribution in [0.3, 0.4) is 0 Å². The van der Waals surface area contributed by atoms with Gasteiger partial charge in [0.1, 0.15) is 0 Å². The van der Waals surface area contributed by atoms with E-state index in [-0.39, 0.29) is 6.33 Å². The zero-order valence-corrected chi connectivity index (χ0v) is 6.05. The molecule has 38 valence electrons. The molecule has 0 spiro atoms. The van der Waals surface area contributed by atoms with Gasteiger partial charge < -0.3 is 0 Å². The molecule has 0 aromatic carbocycles. The molecule has 0 aliphatic carbocycles. The first-order valence-corrected chi connectivity index (χ1v) is 5.44. The molecule has 0 bridgehead atoms. The van der Waals surface area contributed by atoms with E-state index < -0.39 is 8.14 Å². The average molecular weight is 147 g/mol. The molecule has 4 heteroatoms. The summed E-state index contributed by atoms with van der Waals surface area (Å²) in [6, 6.07) is 0. The van der Waals surface area contributed by atoms with Crippen LogP contribution in [0.5, 0.6) is 0 Å². The molecule has 0 aliphatic heterocycles. The van der Waals surface area contributed by atoms with Gasteiger partial charge in [0.15, 0.2) is 0 Å². The highest BCUT2D eigenvalue weighted by molar-refractivity contribution is 7.22. The van der Waals surface area contributed by atoms with Crippen molar-refractivity contribution >= 4 is 30.3 Å². The van der Waals surface area contributed by atoms with Crippen molar-refractivity contribution in [2.75, 3.05) is 0 Å². The minimum absolute atomic E-state index is 0.250. The van der Waals surface area contributed by atoms with Crippen LogP contribution in [0.25, 0.3) is 0 Å². The van der Waals surface area contributed by atoms with E-state index in [0.717, 1.165) is 0 Å². The summed E-state index contributed by atoms with van der Waals surface area (Å²) in [6.45, 7) is 2.69. The Balaban J connectivity index is 0. The van der Waals surface area contributed by atoms with Crippen LogP contribution in [-0.2, 0) is 0 Å². The molecular weight excluding hydrogens is 142 g/mol. The Hall–Kier alpha value is 0.467. The van der Waals surface area contributed by atoms with Crippen LogP contribution in [-0.4, -0.2) is 8.14 Å². The van der Waals surface area contributed by atoms with Gasteiger partial charge in [0.05, 0.1) is 6.33 Å². The Morgan fingerprint density at radius 1 is 1.67 bits per heavy atom. The molecule has 0 saturated carbocycles. The fourth-order valence-corrected chi connectivity index (χ4v) is 0. The molecule has 0 fully saturated rings. The van der Waals surface area contributed by atoms with E-state index in [9.17, 15) is 4.39 Å². The third kappa shape index (κ3) is 246. The molecule has 0 heterocycles. The molecule has 0 aromatic rings. The van der Waals surface area contributed by atoms with E-state index in [1.807, 2.05) is 0 Å². The van der Waals surface area contributed by atoms with Gasteiger partial charge in [0.2, 0.25) is 8.14 Å². The van der Waals surface area contributed by atoms with Crippen LogP contribution in [0.1, 0.15) is 0 Å². The minimum Gasteiger partial charge on any atom is -0.216 e. The summed E-state index contributed by atoms with van der Waals surface area (Å²) in [4.78, 5) is 0. The smallest absolute Gasteiger partial charge is 0.216 e. The summed E-state index contributed by atoms with van der Waals surface area (Å²) < 4.78 is 10.1. The molecule has 0 aliphatic rings. The van der Waals surface area contributed by atoms with Crippen LogP contribution in [0.15, 0.2) is 12.9 Å². The Morgan fingerprint density at radius 2 is 1.67 bits per heavy atom. The second-order valence-electron chi connectivity index (χ2n) is 0.255. The van der Waals surface area contributed by atoms with Crippen molar-refractivity contribution in [3.8, 4) is 0 Å². The maximum absolute atomic E-state index is 10.1. The van der Waals surface area contributed by atoms with Crippen molar-refractivity contribution in [3.05, 3.63) is 12.9 Å². The van der Waals surface area contributed by atoms with Crippen LogP contribution in [0.4, 0.5) is 4.39 Å². The summed E-state index contributed by atoms with van der Waals surface area (Å²) in [7, 11) is -0.639. The van der Waals surface area contributed by atoms with Crippen LogP contribution in [0, 0.1) is 0 Å². The summed E-state index contributed by atoms with van der Waals surface area (Å²) in [6.07, 6.45) is 0.250. The first-order valence-electron chi connectivity index (χ1n) is 1.16. The first kappa shape index (κ1) is 9.69. The van der Waals surface area contributed by atoms with E-state index in [0.29, 0.717) is 0 Å². The fraction of sp³-hybridized carbons (Fsp3) is 0. The first-order chi connectivity index (χ1) is 2.83. The maximum Gasteiger partial charge on any atom is 0.222 e. The third-order valence-electron chi connectivity index (χ3n) is 0. The lowest BCUT2D eigenvalue weighted by molar-refractivity contribution is 0.725. The minimum atomic E-state index is -0.639. The molecule has 6 heavy (non-hydrogen) atoms. The van der Waals surface area contributed by atoms with E-state index >= 15 is 0 Å². The van der Waals surface area contributed by atoms with Gasteiger partial charge in [-0.1, -0.05) is 6.58 Å². The summed E-state index contributed by atoms with van der Waals surface area (Å²) in [5, 5.41) is 0. The van der Waals surface area contributed by atoms with Gasteiger partial charge in [0.25, 0.3) is 0 Å². The Labute approximate surface area is 48.2 Å². The average Bonchev–Trinajstić information content (AvgIpc) is 1.39. The standard InChI is InChI=1S/C2H3F.Cl2H2Si/c1-2-3;1-3-2/h2H,1H2;3H2. The lowest BCUT2D eigenvalue weighted by Gasteiger charge is -1.39. The monoisotopic (exact) mass is 146 g/mol. The van der Waals surface area contributed by atoms with Gasteiger partial charge in [-0.05, 0) is 0 Å². The highest BCUT2D eigenvalue weighted by Gasteiger charge is 1.46. The van der Waals surface area contributed by atoms with Crippen molar-refractivity contribution in [2.45, 2.75) is 0 Å². The topological polar surface area (TPSA) is 0 Å². The van der Waals surface area contributed by atoms with E-state index in [4.69, 9.17) is 22.2 Å². The van der Waals surface area contributed by atoms with E-state index in [1.54, 1.807) is 0 Å². The summed E-state index contributed by atoms with van der Waals surface area (Å²) >= 11 is 9.81. The van der Waals surface area contributed by atoms with Crippen LogP contribution in [0.2, 0.25) is 0 Å². The lowest BCUT2D eigenvalue weighted by Crippen LogP contribution is -1.36. The molecule has 0 atom stereocenters. The van der Waals surface area contributed by atoms with Gasteiger partial charge in [-0.2, -0.15) is 22.2 Å². The van der Waals surface area contributed by atoms with Crippen molar-refractivity contribution in [2.24, 2.45) is 0 Å². The Kier molecular flexibility index (Phi) is 28.9. The van der Waals surface area contributed by atoms with Crippen molar-refractivity contribution in [3.63, 3.8) is 0 Å². The molecule has 0 nitrogen and oxygen atoms in total. The molecule has 0 aromatic heterocycles. The molecule has 0 rings (SSSR count). The number of rotatable bonds is 0. The SMILES string of the molecule is C=CF.Cl[SiH2]Cl. The predicted octanol–water partition coefficient (Wildman–Crippen LogP) is 1.56. The maximum atomic E-state index is 10.1. The van der Waals surface area contributed by atoms with Crippen molar-refractivity contribution < 1.29 is 4.39 Å². The quantitative estimate of drug-likeness (QED) is 0.360. The second kappa shape index (κ2) is 17.9. The number of hydrogen-bond donors (Lipinski definition) is 0. The molecule has 0 saturated heterocycles.